The second-order valence-electron chi connectivity index (χ2n) is 7.58. The maximum absolute atomic E-state index is 12.5. The number of piperidine rings is 1. The molecule has 1 saturated carbocycles. The summed E-state index contributed by atoms with van der Waals surface area (Å²) in [6, 6.07) is 0.794. The summed E-state index contributed by atoms with van der Waals surface area (Å²) < 4.78 is 33.3. The fraction of sp³-hybridized carbons (Fsp3) is 1.00. The Morgan fingerprint density at radius 2 is 1.70 bits per heavy atom. The number of nitrogens with zero attached hydrogens (tertiary/aromatic N) is 1. The molecule has 1 atom stereocenters. The molecule has 1 aliphatic carbocycles. The molecule has 0 amide bonds. The molecule has 3 fully saturated rings. The van der Waals surface area contributed by atoms with E-state index in [2.05, 4.69) is 9.62 Å². The van der Waals surface area contributed by atoms with E-state index in [1.165, 1.54) is 32.1 Å². The molecule has 0 aromatic rings. The predicted octanol–water partition coefficient (Wildman–Crippen LogP) is 2.13. The Morgan fingerprint density at radius 3 is 2.43 bits per heavy atom. The summed E-state index contributed by atoms with van der Waals surface area (Å²) in [5.41, 5.74) is 0. The van der Waals surface area contributed by atoms with Crippen LogP contribution in [0, 0.1) is 5.92 Å². The Labute approximate surface area is 141 Å². The second-order valence-corrected chi connectivity index (χ2v) is 9.38. The Balaban J connectivity index is 1.49. The smallest absolute Gasteiger partial charge is 0.212 e. The largest absolute Gasteiger partial charge is 0.381 e. The molecule has 0 radical (unpaired) electrons. The van der Waals surface area contributed by atoms with E-state index in [1.807, 2.05) is 0 Å². The van der Waals surface area contributed by atoms with Gasteiger partial charge in [0, 0.05) is 31.8 Å². The van der Waals surface area contributed by atoms with Gasteiger partial charge in [-0.15, -0.1) is 0 Å². The number of hydrogen-bond donors (Lipinski definition) is 1. The molecule has 1 N–H and O–H groups in total. The Morgan fingerprint density at radius 1 is 0.957 bits per heavy atom. The summed E-state index contributed by atoms with van der Waals surface area (Å²) in [7, 11) is -3.17. The molecular formula is C17H32N2O3S. The van der Waals surface area contributed by atoms with Crippen LogP contribution in [-0.2, 0) is 14.8 Å². The van der Waals surface area contributed by atoms with Crippen LogP contribution in [0.25, 0.3) is 0 Å². The van der Waals surface area contributed by atoms with Crippen LogP contribution in [0.3, 0.4) is 0 Å². The molecule has 134 valence electrons. The van der Waals surface area contributed by atoms with Crippen molar-refractivity contribution in [1.82, 2.24) is 9.62 Å². The molecule has 6 heteroatoms. The summed E-state index contributed by atoms with van der Waals surface area (Å²) in [6.07, 6.45) is 10.5. The van der Waals surface area contributed by atoms with E-state index in [0.717, 1.165) is 38.8 Å². The highest BCUT2D eigenvalue weighted by Gasteiger charge is 2.30. The van der Waals surface area contributed by atoms with Crippen molar-refractivity contribution in [2.75, 3.05) is 32.1 Å². The van der Waals surface area contributed by atoms with Gasteiger partial charge in [-0.25, -0.2) is 13.1 Å². The standard InChI is InChI=1S/C17H32N2O3S/c20-23(21,14-15-8-11-22-12-9-15)18-16-5-4-10-19(13-16)17-6-2-1-3-7-17/h15-18H,1-14H2. The Hall–Kier alpha value is -0.170. The van der Waals surface area contributed by atoms with Crippen LogP contribution in [-0.4, -0.2) is 57.5 Å². The van der Waals surface area contributed by atoms with Gasteiger partial charge in [0.1, 0.15) is 0 Å². The third-order valence-corrected chi connectivity index (χ3v) is 7.29. The van der Waals surface area contributed by atoms with Gasteiger partial charge in [-0.3, -0.25) is 4.90 Å². The minimum atomic E-state index is -3.17. The van der Waals surface area contributed by atoms with Gasteiger partial charge in [-0.05, 0) is 51.0 Å². The van der Waals surface area contributed by atoms with Crippen molar-refractivity contribution in [3.05, 3.63) is 0 Å². The number of rotatable bonds is 5. The van der Waals surface area contributed by atoms with Crippen molar-refractivity contribution >= 4 is 10.0 Å². The number of likely N-dealkylation sites (tertiary alicyclic amines) is 1. The number of nitrogens with one attached hydrogen (secondary N) is 1. The van der Waals surface area contributed by atoms with Gasteiger partial charge in [0.05, 0.1) is 5.75 Å². The van der Waals surface area contributed by atoms with Crippen molar-refractivity contribution < 1.29 is 13.2 Å². The Kier molecular flexibility index (Phi) is 6.35. The van der Waals surface area contributed by atoms with E-state index in [-0.39, 0.29) is 17.7 Å². The molecule has 3 aliphatic rings. The van der Waals surface area contributed by atoms with Crippen LogP contribution < -0.4 is 4.72 Å². The van der Waals surface area contributed by atoms with Crippen molar-refractivity contribution in [1.29, 1.82) is 0 Å². The SMILES string of the molecule is O=S(=O)(CC1CCOCC1)NC1CCCN(C2CCCCC2)C1. The minimum absolute atomic E-state index is 0.107. The first-order valence-corrected chi connectivity index (χ1v) is 11.1. The fourth-order valence-corrected chi connectivity index (χ4v) is 6.16. The van der Waals surface area contributed by atoms with Crippen LogP contribution in [0.15, 0.2) is 0 Å². The Bertz CT molecular complexity index is 456. The van der Waals surface area contributed by atoms with Gasteiger partial charge in [0.2, 0.25) is 10.0 Å². The molecule has 2 aliphatic heterocycles. The van der Waals surface area contributed by atoms with E-state index in [0.29, 0.717) is 19.3 Å². The highest BCUT2D eigenvalue weighted by molar-refractivity contribution is 7.89. The number of sulfonamides is 1. The van der Waals surface area contributed by atoms with Gasteiger partial charge in [-0.1, -0.05) is 19.3 Å². The molecule has 0 aromatic heterocycles. The van der Waals surface area contributed by atoms with Crippen LogP contribution in [0.5, 0.6) is 0 Å². The molecule has 1 unspecified atom stereocenters. The first-order valence-electron chi connectivity index (χ1n) is 9.44. The van der Waals surface area contributed by atoms with Gasteiger partial charge in [0.15, 0.2) is 0 Å². The minimum Gasteiger partial charge on any atom is -0.381 e. The van der Waals surface area contributed by atoms with Crippen LogP contribution in [0.4, 0.5) is 0 Å². The molecule has 5 nitrogen and oxygen atoms in total. The summed E-state index contributed by atoms with van der Waals surface area (Å²) in [6.45, 7) is 3.46. The van der Waals surface area contributed by atoms with Crippen LogP contribution >= 0.6 is 0 Å². The van der Waals surface area contributed by atoms with Gasteiger partial charge in [0.25, 0.3) is 0 Å². The average Bonchev–Trinajstić information content (AvgIpc) is 2.56. The molecule has 0 aromatic carbocycles. The molecule has 2 heterocycles. The lowest BCUT2D eigenvalue weighted by molar-refractivity contribution is 0.0722. The van der Waals surface area contributed by atoms with Crippen LogP contribution in [0.1, 0.15) is 57.8 Å². The van der Waals surface area contributed by atoms with E-state index in [4.69, 9.17) is 4.74 Å². The molecule has 3 rings (SSSR count). The van der Waals surface area contributed by atoms with Crippen LogP contribution in [0.2, 0.25) is 0 Å². The lowest BCUT2D eigenvalue weighted by Gasteiger charge is -2.40. The van der Waals surface area contributed by atoms with Crippen molar-refractivity contribution in [3.8, 4) is 0 Å². The lowest BCUT2D eigenvalue weighted by atomic mass is 9.92. The van der Waals surface area contributed by atoms with Crippen molar-refractivity contribution in [2.24, 2.45) is 5.92 Å². The lowest BCUT2D eigenvalue weighted by Crippen LogP contribution is -2.52. The summed E-state index contributed by atoms with van der Waals surface area (Å²) in [5, 5.41) is 0. The first kappa shape index (κ1) is 17.6. The predicted molar refractivity (Wildman–Crippen MR) is 91.9 cm³/mol. The zero-order chi connectivity index (χ0) is 16.1. The number of ether oxygens (including phenoxy) is 1. The monoisotopic (exact) mass is 344 g/mol. The summed E-state index contributed by atoms with van der Waals surface area (Å²) in [5.74, 6) is 0.537. The first-order chi connectivity index (χ1) is 11.1. The van der Waals surface area contributed by atoms with Gasteiger partial charge in [-0.2, -0.15) is 0 Å². The highest BCUT2D eigenvalue weighted by Crippen LogP contribution is 2.25. The molecule has 23 heavy (non-hydrogen) atoms. The normalized spacial score (nSPS) is 29.7. The number of hydrogen-bond acceptors (Lipinski definition) is 4. The quantitative estimate of drug-likeness (QED) is 0.830. The van der Waals surface area contributed by atoms with Gasteiger partial charge < -0.3 is 4.74 Å². The van der Waals surface area contributed by atoms with Crippen molar-refractivity contribution in [3.63, 3.8) is 0 Å². The maximum atomic E-state index is 12.5. The summed E-state index contributed by atoms with van der Waals surface area (Å²) in [4.78, 5) is 2.55. The van der Waals surface area contributed by atoms with Crippen molar-refractivity contribution in [2.45, 2.75) is 69.9 Å². The molecule has 2 saturated heterocycles. The second kappa shape index (κ2) is 8.28. The summed E-state index contributed by atoms with van der Waals surface area (Å²) >= 11 is 0. The zero-order valence-electron chi connectivity index (χ0n) is 14.2. The zero-order valence-corrected chi connectivity index (χ0v) is 15.0. The average molecular weight is 345 g/mol. The topological polar surface area (TPSA) is 58.6 Å². The van der Waals surface area contributed by atoms with Gasteiger partial charge >= 0.3 is 0 Å². The van der Waals surface area contributed by atoms with E-state index >= 15 is 0 Å². The highest BCUT2D eigenvalue weighted by atomic mass is 32.2. The molecule has 0 bridgehead atoms. The molecular weight excluding hydrogens is 312 g/mol. The fourth-order valence-electron chi connectivity index (χ4n) is 4.41. The van der Waals surface area contributed by atoms with E-state index < -0.39 is 10.0 Å². The van der Waals surface area contributed by atoms with E-state index in [9.17, 15) is 8.42 Å². The third-order valence-electron chi connectivity index (χ3n) is 5.69. The molecule has 0 spiro atoms. The third kappa shape index (κ3) is 5.41. The van der Waals surface area contributed by atoms with E-state index in [1.54, 1.807) is 0 Å². The maximum Gasteiger partial charge on any atom is 0.212 e.